The third-order valence-electron chi connectivity index (χ3n) is 16.1. The van der Waals surface area contributed by atoms with E-state index in [1.165, 1.54) is 17.7 Å². The van der Waals surface area contributed by atoms with Crippen molar-refractivity contribution < 1.29 is 20.1 Å². The zero-order chi connectivity index (χ0) is 58.0. The molecule has 1 heterocycles. The van der Waals surface area contributed by atoms with Gasteiger partial charge in [0, 0.05) is 43.6 Å². The van der Waals surface area contributed by atoms with Gasteiger partial charge < -0.3 is 30.7 Å². The van der Waals surface area contributed by atoms with Gasteiger partial charge in [0.1, 0.15) is 11.5 Å². The molecule has 0 spiro atoms. The van der Waals surface area contributed by atoms with Crippen molar-refractivity contribution >= 4 is 23.9 Å². The molecular formula is C67H101N5O4S. The molecule has 77 heavy (non-hydrogen) atoms. The summed E-state index contributed by atoms with van der Waals surface area (Å²) in [6.07, 6.45) is 7.36. The average Bonchev–Trinajstić information content (AvgIpc) is 3.26. The quantitative estimate of drug-likeness (QED) is 0.0647. The number of guanidine groups is 1. The molecule has 0 radical (unpaired) electrons. The first-order chi connectivity index (χ1) is 35.0. The van der Waals surface area contributed by atoms with Crippen molar-refractivity contribution in [2.24, 2.45) is 49.1 Å². The first kappa shape index (κ1) is 61.9. The van der Waals surface area contributed by atoms with Gasteiger partial charge in [0.25, 0.3) is 0 Å². The van der Waals surface area contributed by atoms with Crippen LogP contribution in [0.4, 0.5) is 0 Å². The summed E-state index contributed by atoms with van der Waals surface area (Å²) >= 11 is 1.37. The summed E-state index contributed by atoms with van der Waals surface area (Å²) < 4.78 is 14.3. The third-order valence-corrected chi connectivity index (χ3v) is 16.9. The first-order valence-electron chi connectivity index (χ1n) is 28.3. The zero-order valence-electron chi connectivity index (χ0n) is 51.9. The second-order valence-corrected chi connectivity index (χ2v) is 31.6. The van der Waals surface area contributed by atoms with Crippen molar-refractivity contribution in [3.63, 3.8) is 0 Å². The van der Waals surface area contributed by atoms with Gasteiger partial charge in [-0.2, -0.15) is 9.39 Å². The van der Waals surface area contributed by atoms with E-state index in [0.717, 1.165) is 56.5 Å². The van der Waals surface area contributed by atoms with Crippen molar-refractivity contribution in [1.29, 1.82) is 0 Å². The SMILES string of the molecule is CC(C)(C)C1=CC(CN(Cc2cc(C(C)(C)C)c(O)c(C(C)(C)C)c2)SN=C(N=C(N)N(CC2=CC3C(OC3(C)C)C(C(C)(C)C)C2)Cc2cc(C(C)(C)C)c(O)c(C(C)(C)C)c2)c2ccccc2)=CC(C(C)(C)C)C1O. The van der Waals surface area contributed by atoms with Gasteiger partial charge in [0.05, 0.1) is 29.9 Å². The molecule has 1 aliphatic heterocycles. The van der Waals surface area contributed by atoms with Crippen molar-refractivity contribution in [2.75, 3.05) is 13.1 Å². The number of hydrogen-bond acceptors (Lipinski definition) is 7. The van der Waals surface area contributed by atoms with E-state index in [2.05, 4.69) is 211 Å². The highest BCUT2D eigenvalue weighted by molar-refractivity contribution is 7.95. The second kappa shape index (κ2) is 21.9. The minimum Gasteiger partial charge on any atom is -0.507 e. The van der Waals surface area contributed by atoms with Gasteiger partial charge in [-0.15, -0.1) is 0 Å². The van der Waals surface area contributed by atoms with E-state index in [1.807, 2.05) is 30.3 Å². The number of amidine groups is 1. The van der Waals surface area contributed by atoms with Crippen LogP contribution in [0.5, 0.6) is 11.5 Å². The van der Waals surface area contributed by atoms with E-state index < -0.39 is 6.10 Å². The standard InChI is InChI=1S/C67H101N5O4S/c1-60(2,3)46-29-41(30-47(54(46)73)61(4,5)6)37-71(38-42-35-52(66(19,20)21)57-53(36-42)67(22,23)76-57)59(68)69-58(45-27-25-24-26-28-45)70-77-72(39-43-31-48(62(7,8)9)55(74)49(32-43)63(10,11)12)40-44-33-50(64(13,14)15)56(75)51(34-44)65(16,17)18/h24-34,36,48,52-53,55,57,73-75H,35,37-40H2,1-23H3,(H2,68,69,70). The van der Waals surface area contributed by atoms with Gasteiger partial charge >= 0.3 is 0 Å². The lowest BCUT2D eigenvalue weighted by Gasteiger charge is -2.58. The molecule has 5 unspecified atom stereocenters. The molecule has 1 fully saturated rings. The molecule has 9 nitrogen and oxygen atoms in total. The van der Waals surface area contributed by atoms with Crippen LogP contribution in [-0.4, -0.2) is 67.2 Å². The molecule has 5 N–H and O–H groups in total. The molecule has 3 aromatic rings. The van der Waals surface area contributed by atoms with Crippen LogP contribution < -0.4 is 5.73 Å². The number of benzene rings is 3. The van der Waals surface area contributed by atoms with E-state index in [0.29, 0.717) is 55.4 Å². The minimum atomic E-state index is -0.607. The summed E-state index contributed by atoms with van der Waals surface area (Å²) in [6, 6.07) is 18.7. The molecular weight excluding hydrogens is 971 g/mol. The summed E-state index contributed by atoms with van der Waals surface area (Å²) in [5.74, 6) is 2.02. The van der Waals surface area contributed by atoms with E-state index in [9.17, 15) is 15.3 Å². The Kier molecular flexibility index (Phi) is 17.6. The summed E-state index contributed by atoms with van der Waals surface area (Å²) in [5.41, 5.74) is 15.5. The number of phenolic OH excluding ortho intramolecular Hbond substituents is 2. The highest BCUT2D eigenvalue weighted by Gasteiger charge is 2.55. The lowest BCUT2D eigenvalue weighted by Crippen LogP contribution is -2.62. The van der Waals surface area contributed by atoms with Gasteiger partial charge in [0.2, 0.25) is 0 Å². The summed E-state index contributed by atoms with van der Waals surface area (Å²) in [4.78, 5) is 7.57. The monoisotopic (exact) mass is 1070 g/mol. The third kappa shape index (κ3) is 14.7. The molecule has 1 saturated heterocycles. The van der Waals surface area contributed by atoms with Gasteiger partial charge in [-0.3, -0.25) is 0 Å². The van der Waals surface area contributed by atoms with Gasteiger partial charge in [0.15, 0.2) is 11.8 Å². The minimum absolute atomic E-state index is 0.0216. The maximum absolute atomic E-state index is 11.9. The Hall–Kier alpha value is -4.35. The Balaban J connectivity index is 1.54. The first-order valence-corrected chi connectivity index (χ1v) is 29.1. The van der Waals surface area contributed by atoms with Crippen molar-refractivity contribution in [3.05, 3.63) is 128 Å². The number of nitrogens with zero attached hydrogens (tertiary/aromatic N) is 4. The smallest absolute Gasteiger partial charge is 0.198 e. The zero-order valence-corrected chi connectivity index (χ0v) is 52.7. The number of ether oxygens (including phenoxy) is 1. The van der Waals surface area contributed by atoms with Gasteiger partial charge in [-0.05, 0) is 121 Å². The molecule has 424 valence electrons. The highest BCUT2D eigenvalue weighted by atomic mass is 32.2. The lowest BCUT2D eigenvalue weighted by molar-refractivity contribution is -0.258. The molecule has 10 heteroatoms. The molecule has 6 rings (SSSR count). The predicted molar refractivity (Wildman–Crippen MR) is 327 cm³/mol. The predicted octanol–water partition coefficient (Wildman–Crippen LogP) is 15.6. The van der Waals surface area contributed by atoms with Crippen molar-refractivity contribution in [3.8, 4) is 11.5 Å². The summed E-state index contributed by atoms with van der Waals surface area (Å²) in [7, 11) is 0. The Labute approximate surface area is 471 Å². The number of hydrogen-bond donors (Lipinski definition) is 4. The molecule has 3 aromatic carbocycles. The normalized spacial score (nSPS) is 22.0. The van der Waals surface area contributed by atoms with Crippen LogP contribution in [-0.2, 0) is 39.5 Å². The number of aliphatic hydroxyl groups is 1. The van der Waals surface area contributed by atoms with Crippen LogP contribution >= 0.6 is 12.1 Å². The van der Waals surface area contributed by atoms with Crippen molar-refractivity contribution in [1.82, 2.24) is 9.21 Å². The Morgan fingerprint density at radius 1 is 0.649 bits per heavy atom. The number of aromatic hydroxyl groups is 2. The molecule has 0 bridgehead atoms. The number of phenols is 2. The number of aliphatic imine (C=N–C) groups is 1. The molecule has 0 aromatic heterocycles. The molecule has 0 amide bonds. The summed E-state index contributed by atoms with van der Waals surface area (Å²) in [5, 5.41) is 35.6. The lowest BCUT2D eigenvalue weighted by atomic mass is 9.61. The average molecular weight is 1070 g/mol. The fraction of sp³-hybridized carbons (Fsp3) is 0.612. The van der Waals surface area contributed by atoms with Gasteiger partial charge in [-0.1, -0.05) is 212 Å². The molecule has 5 atom stereocenters. The van der Waals surface area contributed by atoms with E-state index in [-0.39, 0.29) is 61.4 Å². The number of fused-ring (bicyclic) bond motifs is 1. The maximum Gasteiger partial charge on any atom is 0.198 e. The molecule has 3 aliphatic rings. The van der Waals surface area contributed by atoms with Crippen LogP contribution in [0.1, 0.15) is 205 Å². The Morgan fingerprint density at radius 3 is 1.56 bits per heavy atom. The molecule has 0 saturated carbocycles. The van der Waals surface area contributed by atoms with Gasteiger partial charge in [-0.25, -0.2) is 4.31 Å². The van der Waals surface area contributed by atoms with Crippen LogP contribution in [0.25, 0.3) is 0 Å². The number of nitrogens with two attached hydrogens (primary N) is 1. The van der Waals surface area contributed by atoms with Crippen molar-refractivity contribution in [2.45, 2.75) is 218 Å². The van der Waals surface area contributed by atoms with Crippen LogP contribution in [0.15, 0.2) is 98.9 Å². The van der Waals surface area contributed by atoms with E-state index in [4.69, 9.17) is 19.9 Å². The number of aliphatic hydroxyl groups excluding tert-OH is 1. The second-order valence-electron chi connectivity index (χ2n) is 30.7. The fourth-order valence-electron chi connectivity index (χ4n) is 11.5. The highest BCUT2D eigenvalue weighted by Crippen LogP contribution is 2.53. The van der Waals surface area contributed by atoms with Crippen LogP contribution in [0, 0.1) is 34.0 Å². The Bertz CT molecular complexity index is 2700. The maximum atomic E-state index is 11.9. The van der Waals surface area contributed by atoms with Crippen LogP contribution in [0.3, 0.4) is 0 Å². The van der Waals surface area contributed by atoms with E-state index >= 15 is 0 Å². The topological polar surface area (TPSA) is 127 Å². The summed E-state index contributed by atoms with van der Waals surface area (Å²) in [6.45, 7) is 52.4. The van der Waals surface area contributed by atoms with E-state index in [1.54, 1.807) is 0 Å². The number of rotatable bonds is 11. The fourth-order valence-corrected chi connectivity index (χ4v) is 12.2. The van der Waals surface area contributed by atoms with Crippen LogP contribution in [0.2, 0.25) is 0 Å². The Morgan fingerprint density at radius 2 is 1.13 bits per heavy atom. The largest absolute Gasteiger partial charge is 0.507 e. The molecule has 2 aliphatic carbocycles.